The second-order valence-electron chi connectivity index (χ2n) is 5.37. The number of benzene rings is 1. The number of aliphatic hydroxyl groups is 1. The zero-order valence-electron chi connectivity index (χ0n) is 10.9. The SMILES string of the molecule is CC(NCC(C)(C)O)c1cc2cc(Br)ccc2[nH]1. The first-order valence-corrected chi connectivity index (χ1v) is 6.88. The maximum absolute atomic E-state index is 9.71. The minimum Gasteiger partial charge on any atom is -0.389 e. The highest BCUT2D eigenvalue weighted by Gasteiger charge is 2.15. The fourth-order valence-electron chi connectivity index (χ4n) is 1.87. The topological polar surface area (TPSA) is 48.0 Å². The Bertz CT molecular complexity index is 542. The van der Waals surface area contributed by atoms with Gasteiger partial charge in [0, 0.05) is 33.7 Å². The standard InChI is InChI=1S/C14H19BrN2O/c1-9(16-8-14(2,3)18)13-7-10-6-11(15)4-5-12(10)17-13/h4-7,9,16-18H,8H2,1-3H3. The lowest BCUT2D eigenvalue weighted by Crippen LogP contribution is -2.36. The smallest absolute Gasteiger partial charge is 0.0715 e. The molecule has 98 valence electrons. The Morgan fingerprint density at radius 1 is 1.39 bits per heavy atom. The van der Waals surface area contributed by atoms with E-state index in [4.69, 9.17) is 0 Å². The highest BCUT2D eigenvalue weighted by atomic mass is 79.9. The van der Waals surface area contributed by atoms with Crippen molar-refractivity contribution in [2.75, 3.05) is 6.54 Å². The van der Waals surface area contributed by atoms with Crippen molar-refractivity contribution in [1.29, 1.82) is 0 Å². The van der Waals surface area contributed by atoms with Crippen LogP contribution in [0.15, 0.2) is 28.7 Å². The van der Waals surface area contributed by atoms with E-state index in [2.05, 4.69) is 51.4 Å². The van der Waals surface area contributed by atoms with Crippen LogP contribution in [0.2, 0.25) is 0 Å². The second kappa shape index (κ2) is 5.03. The van der Waals surface area contributed by atoms with E-state index >= 15 is 0 Å². The molecule has 0 saturated heterocycles. The minimum atomic E-state index is -0.691. The Morgan fingerprint density at radius 2 is 2.11 bits per heavy atom. The molecular formula is C14H19BrN2O. The van der Waals surface area contributed by atoms with Gasteiger partial charge in [-0.25, -0.2) is 0 Å². The fraction of sp³-hybridized carbons (Fsp3) is 0.429. The zero-order chi connectivity index (χ0) is 13.3. The number of hydrogen-bond donors (Lipinski definition) is 3. The van der Waals surface area contributed by atoms with E-state index in [0.29, 0.717) is 6.54 Å². The summed E-state index contributed by atoms with van der Waals surface area (Å²) < 4.78 is 1.08. The fourth-order valence-corrected chi connectivity index (χ4v) is 2.25. The monoisotopic (exact) mass is 310 g/mol. The van der Waals surface area contributed by atoms with E-state index in [0.717, 1.165) is 15.7 Å². The molecule has 0 saturated carbocycles. The van der Waals surface area contributed by atoms with Gasteiger partial charge in [0.25, 0.3) is 0 Å². The number of halogens is 1. The lowest BCUT2D eigenvalue weighted by atomic mass is 10.1. The van der Waals surface area contributed by atoms with Crippen molar-refractivity contribution in [2.24, 2.45) is 0 Å². The molecule has 0 radical (unpaired) electrons. The second-order valence-corrected chi connectivity index (χ2v) is 6.29. The van der Waals surface area contributed by atoms with Crippen LogP contribution in [-0.2, 0) is 0 Å². The highest BCUT2D eigenvalue weighted by Crippen LogP contribution is 2.23. The van der Waals surface area contributed by atoms with Gasteiger partial charge < -0.3 is 15.4 Å². The molecule has 0 aliphatic carbocycles. The van der Waals surface area contributed by atoms with Crippen molar-refractivity contribution in [3.8, 4) is 0 Å². The van der Waals surface area contributed by atoms with Crippen LogP contribution in [0, 0.1) is 0 Å². The molecular weight excluding hydrogens is 292 g/mol. The van der Waals surface area contributed by atoms with Gasteiger partial charge in [-0.05, 0) is 45.0 Å². The van der Waals surface area contributed by atoms with Crippen LogP contribution in [0.25, 0.3) is 10.9 Å². The van der Waals surface area contributed by atoms with E-state index in [-0.39, 0.29) is 6.04 Å². The molecule has 0 fully saturated rings. The summed E-state index contributed by atoms with van der Waals surface area (Å²) in [6.07, 6.45) is 0. The van der Waals surface area contributed by atoms with Crippen molar-refractivity contribution < 1.29 is 5.11 Å². The van der Waals surface area contributed by atoms with Crippen LogP contribution < -0.4 is 5.32 Å². The third-order valence-corrected chi connectivity index (χ3v) is 3.40. The molecule has 1 unspecified atom stereocenters. The molecule has 1 atom stereocenters. The van der Waals surface area contributed by atoms with Crippen LogP contribution in [0.3, 0.4) is 0 Å². The van der Waals surface area contributed by atoms with Gasteiger partial charge in [0.2, 0.25) is 0 Å². The number of fused-ring (bicyclic) bond motifs is 1. The molecule has 1 heterocycles. The minimum absolute atomic E-state index is 0.183. The lowest BCUT2D eigenvalue weighted by molar-refractivity contribution is 0.0769. The molecule has 18 heavy (non-hydrogen) atoms. The Hall–Kier alpha value is -0.840. The van der Waals surface area contributed by atoms with Gasteiger partial charge in [0.05, 0.1) is 5.60 Å². The van der Waals surface area contributed by atoms with Crippen molar-refractivity contribution in [2.45, 2.75) is 32.4 Å². The highest BCUT2D eigenvalue weighted by molar-refractivity contribution is 9.10. The number of H-pyrrole nitrogens is 1. The van der Waals surface area contributed by atoms with Gasteiger partial charge in [-0.3, -0.25) is 0 Å². The summed E-state index contributed by atoms with van der Waals surface area (Å²) in [4.78, 5) is 3.39. The van der Waals surface area contributed by atoms with Crippen molar-refractivity contribution >= 4 is 26.8 Å². The molecule has 0 aliphatic heterocycles. The number of hydrogen-bond acceptors (Lipinski definition) is 2. The number of nitrogens with one attached hydrogen (secondary N) is 2. The number of aromatic amines is 1. The average molecular weight is 311 g/mol. The molecule has 3 N–H and O–H groups in total. The van der Waals surface area contributed by atoms with E-state index in [1.807, 2.05) is 6.07 Å². The quantitative estimate of drug-likeness (QED) is 0.811. The molecule has 3 nitrogen and oxygen atoms in total. The van der Waals surface area contributed by atoms with Crippen LogP contribution in [-0.4, -0.2) is 22.2 Å². The summed E-state index contributed by atoms with van der Waals surface area (Å²) in [5.74, 6) is 0. The Morgan fingerprint density at radius 3 is 2.78 bits per heavy atom. The normalized spacial score (nSPS) is 14.1. The Kier molecular flexibility index (Phi) is 3.80. The lowest BCUT2D eigenvalue weighted by Gasteiger charge is -2.21. The molecule has 2 rings (SSSR count). The number of aromatic nitrogens is 1. The van der Waals surface area contributed by atoms with Crippen molar-refractivity contribution in [3.63, 3.8) is 0 Å². The van der Waals surface area contributed by atoms with Crippen LogP contribution in [0.4, 0.5) is 0 Å². The van der Waals surface area contributed by atoms with E-state index in [1.54, 1.807) is 13.8 Å². The maximum atomic E-state index is 9.71. The third-order valence-electron chi connectivity index (χ3n) is 2.91. The van der Waals surface area contributed by atoms with Gasteiger partial charge in [0.1, 0.15) is 0 Å². The van der Waals surface area contributed by atoms with E-state index in [1.165, 1.54) is 5.39 Å². The van der Waals surface area contributed by atoms with Gasteiger partial charge in [-0.1, -0.05) is 15.9 Å². The Balaban J connectivity index is 2.15. The predicted molar refractivity (Wildman–Crippen MR) is 78.7 cm³/mol. The van der Waals surface area contributed by atoms with Gasteiger partial charge in [-0.15, -0.1) is 0 Å². The predicted octanol–water partition coefficient (Wildman–Crippen LogP) is 3.35. The Labute approximate surface area is 116 Å². The first kappa shape index (κ1) is 13.6. The molecule has 1 aromatic heterocycles. The van der Waals surface area contributed by atoms with E-state index < -0.39 is 5.60 Å². The molecule has 2 aromatic rings. The molecule has 0 aliphatic rings. The summed E-state index contributed by atoms with van der Waals surface area (Å²) in [7, 11) is 0. The van der Waals surface area contributed by atoms with Crippen LogP contribution in [0.5, 0.6) is 0 Å². The van der Waals surface area contributed by atoms with Gasteiger partial charge in [0.15, 0.2) is 0 Å². The van der Waals surface area contributed by atoms with Crippen molar-refractivity contribution in [1.82, 2.24) is 10.3 Å². The molecule has 0 spiro atoms. The summed E-state index contributed by atoms with van der Waals surface area (Å²) in [6, 6.07) is 8.51. The number of rotatable bonds is 4. The largest absolute Gasteiger partial charge is 0.389 e. The van der Waals surface area contributed by atoms with E-state index in [9.17, 15) is 5.11 Å². The first-order chi connectivity index (χ1) is 8.35. The third kappa shape index (κ3) is 3.34. The maximum Gasteiger partial charge on any atom is 0.0715 e. The van der Waals surface area contributed by atoms with Crippen LogP contribution >= 0.6 is 15.9 Å². The average Bonchev–Trinajstić information content (AvgIpc) is 2.67. The van der Waals surface area contributed by atoms with Crippen molar-refractivity contribution in [3.05, 3.63) is 34.4 Å². The first-order valence-electron chi connectivity index (χ1n) is 6.09. The molecule has 0 bridgehead atoms. The summed E-state index contributed by atoms with van der Waals surface area (Å²) in [5.41, 5.74) is 1.57. The molecule has 1 aromatic carbocycles. The van der Waals surface area contributed by atoms with Gasteiger partial charge in [-0.2, -0.15) is 0 Å². The van der Waals surface area contributed by atoms with Crippen LogP contribution in [0.1, 0.15) is 32.5 Å². The zero-order valence-corrected chi connectivity index (χ0v) is 12.5. The summed E-state index contributed by atoms with van der Waals surface area (Å²) in [6.45, 7) is 6.25. The summed E-state index contributed by atoms with van der Waals surface area (Å²) >= 11 is 3.47. The summed E-state index contributed by atoms with van der Waals surface area (Å²) in [5, 5.41) is 14.2. The molecule has 4 heteroatoms. The van der Waals surface area contributed by atoms with Gasteiger partial charge >= 0.3 is 0 Å². The molecule has 0 amide bonds.